The third kappa shape index (κ3) is 4.27. The van der Waals surface area contributed by atoms with Crippen molar-refractivity contribution in [1.82, 2.24) is 24.9 Å². The standard InChI is InChI=1S/C24H27ClN6O4/c25-20-18(16-26-31(21(20)33)17-6-2-1-3-7-17)28-12-14-29(15-13-28)19(32)8-11-30-22(34)24(27-23(30)35)9-4-5-10-24/h1-3,6-7,16H,4-5,8-15H2,(H,27,35). The van der Waals surface area contributed by atoms with E-state index in [9.17, 15) is 19.2 Å². The highest BCUT2D eigenvalue weighted by Crippen LogP contribution is 2.35. The Bertz CT molecular complexity index is 1200. The van der Waals surface area contributed by atoms with E-state index in [0.717, 1.165) is 12.8 Å². The van der Waals surface area contributed by atoms with E-state index in [-0.39, 0.29) is 29.8 Å². The number of rotatable bonds is 5. The molecule has 4 amide bonds. The second-order valence-corrected chi connectivity index (χ2v) is 9.57. The molecule has 0 unspecified atom stereocenters. The van der Waals surface area contributed by atoms with E-state index in [2.05, 4.69) is 10.4 Å². The van der Waals surface area contributed by atoms with Crippen molar-refractivity contribution in [1.29, 1.82) is 0 Å². The van der Waals surface area contributed by atoms with Gasteiger partial charge >= 0.3 is 6.03 Å². The molecule has 1 aromatic heterocycles. The number of benzene rings is 1. The molecule has 5 rings (SSSR count). The molecule has 2 aromatic rings. The van der Waals surface area contributed by atoms with Crippen LogP contribution in [0.5, 0.6) is 0 Å². The third-order valence-corrected chi connectivity index (χ3v) is 7.48. The summed E-state index contributed by atoms with van der Waals surface area (Å²) < 4.78 is 1.26. The molecule has 0 atom stereocenters. The summed E-state index contributed by atoms with van der Waals surface area (Å²) >= 11 is 6.41. The summed E-state index contributed by atoms with van der Waals surface area (Å²) in [6.07, 6.45) is 4.83. The highest BCUT2D eigenvalue weighted by Gasteiger charge is 2.52. The maximum absolute atomic E-state index is 12.8. The molecule has 2 saturated heterocycles. The lowest BCUT2D eigenvalue weighted by Crippen LogP contribution is -2.50. The zero-order valence-electron chi connectivity index (χ0n) is 19.3. The molecule has 3 aliphatic rings. The Balaban J connectivity index is 1.17. The van der Waals surface area contributed by atoms with Crippen molar-refractivity contribution in [2.75, 3.05) is 37.6 Å². The molecule has 1 spiro atoms. The fourth-order valence-electron chi connectivity index (χ4n) is 5.16. The summed E-state index contributed by atoms with van der Waals surface area (Å²) in [6.45, 7) is 1.96. The van der Waals surface area contributed by atoms with Gasteiger partial charge in [0.05, 0.1) is 17.6 Å². The van der Waals surface area contributed by atoms with E-state index in [0.29, 0.717) is 50.4 Å². The maximum atomic E-state index is 12.8. The minimum absolute atomic E-state index is 0.0823. The van der Waals surface area contributed by atoms with Crippen LogP contribution in [0.15, 0.2) is 41.3 Å². The first kappa shape index (κ1) is 23.3. The lowest BCUT2D eigenvalue weighted by Gasteiger charge is -2.36. The van der Waals surface area contributed by atoms with Gasteiger partial charge in [-0.1, -0.05) is 42.6 Å². The molecule has 11 heteroatoms. The number of piperazine rings is 1. The van der Waals surface area contributed by atoms with Gasteiger partial charge in [-0.2, -0.15) is 9.78 Å². The van der Waals surface area contributed by atoms with E-state index in [4.69, 9.17) is 11.6 Å². The number of hydrogen-bond donors (Lipinski definition) is 1. The van der Waals surface area contributed by atoms with Crippen LogP contribution in [0, 0.1) is 0 Å². The molecular formula is C24H27ClN6O4. The van der Waals surface area contributed by atoms with E-state index in [1.54, 1.807) is 23.2 Å². The van der Waals surface area contributed by atoms with Crippen molar-refractivity contribution >= 4 is 35.1 Å². The van der Waals surface area contributed by atoms with Crippen LogP contribution in [0.3, 0.4) is 0 Å². The lowest BCUT2D eigenvalue weighted by molar-refractivity contribution is -0.133. The van der Waals surface area contributed by atoms with Crippen molar-refractivity contribution in [2.45, 2.75) is 37.6 Å². The first-order valence-corrected chi connectivity index (χ1v) is 12.3. The number of urea groups is 1. The number of anilines is 1. The van der Waals surface area contributed by atoms with Gasteiger partial charge in [0, 0.05) is 39.1 Å². The van der Waals surface area contributed by atoms with Gasteiger partial charge in [0.15, 0.2) is 0 Å². The SMILES string of the molecule is O=C(CCN1C(=O)NC2(CCCC2)C1=O)N1CCN(c2cnn(-c3ccccc3)c(=O)c2Cl)CC1. The number of imide groups is 1. The maximum Gasteiger partial charge on any atom is 0.325 e. The van der Waals surface area contributed by atoms with Crippen LogP contribution in [0.4, 0.5) is 10.5 Å². The Morgan fingerprint density at radius 1 is 1.03 bits per heavy atom. The highest BCUT2D eigenvalue weighted by molar-refractivity contribution is 6.33. The number of amides is 4. The Morgan fingerprint density at radius 3 is 2.40 bits per heavy atom. The van der Waals surface area contributed by atoms with Crippen LogP contribution in [0.25, 0.3) is 5.69 Å². The van der Waals surface area contributed by atoms with E-state index in [1.165, 1.54) is 9.58 Å². The summed E-state index contributed by atoms with van der Waals surface area (Å²) in [5, 5.41) is 7.21. The van der Waals surface area contributed by atoms with Crippen LogP contribution in [0.1, 0.15) is 32.1 Å². The minimum Gasteiger partial charge on any atom is -0.365 e. The second-order valence-electron chi connectivity index (χ2n) is 9.19. The number of carbonyl (C=O) groups excluding carboxylic acids is 3. The van der Waals surface area contributed by atoms with Crippen molar-refractivity contribution < 1.29 is 14.4 Å². The molecule has 0 radical (unpaired) electrons. The lowest BCUT2D eigenvalue weighted by atomic mass is 9.98. The monoisotopic (exact) mass is 498 g/mol. The largest absolute Gasteiger partial charge is 0.365 e. The molecule has 1 aliphatic carbocycles. The molecule has 3 heterocycles. The number of carbonyl (C=O) groups is 3. The Hall–Kier alpha value is -3.40. The smallest absolute Gasteiger partial charge is 0.325 e. The van der Waals surface area contributed by atoms with Gasteiger partial charge in [0.1, 0.15) is 10.6 Å². The third-order valence-electron chi connectivity index (χ3n) is 7.13. The number of hydrogen-bond acceptors (Lipinski definition) is 6. The quantitative estimate of drug-likeness (QED) is 0.630. The number of halogens is 1. The molecular weight excluding hydrogens is 472 g/mol. The van der Waals surface area contributed by atoms with Crippen LogP contribution in [0.2, 0.25) is 5.02 Å². The highest BCUT2D eigenvalue weighted by atomic mass is 35.5. The van der Waals surface area contributed by atoms with E-state index >= 15 is 0 Å². The minimum atomic E-state index is -0.756. The van der Waals surface area contributed by atoms with Gasteiger partial charge in [-0.05, 0) is 25.0 Å². The Labute approximate surface area is 207 Å². The molecule has 1 saturated carbocycles. The van der Waals surface area contributed by atoms with Gasteiger partial charge < -0.3 is 15.1 Å². The van der Waals surface area contributed by atoms with Crippen LogP contribution in [-0.2, 0) is 9.59 Å². The average Bonchev–Trinajstić information content (AvgIpc) is 3.44. The molecule has 1 N–H and O–H groups in total. The first-order valence-electron chi connectivity index (χ1n) is 11.9. The number of nitrogens with one attached hydrogen (secondary N) is 1. The summed E-state index contributed by atoms with van der Waals surface area (Å²) in [5.74, 6) is -0.314. The molecule has 0 bridgehead atoms. The van der Waals surface area contributed by atoms with Gasteiger partial charge in [0.25, 0.3) is 11.5 Å². The second kappa shape index (κ2) is 9.33. The van der Waals surface area contributed by atoms with Crippen LogP contribution >= 0.6 is 11.6 Å². The summed E-state index contributed by atoms with van der Waals surface area (Å²) in [7, 11) is 0. The van der Waals surface area contributed by atoms with Crippen molar-refractivity contribution in [3.63, 3.8) is 0 Å². The fourth-order valence-corrected chi connectivity index (χ4v) is 5.41. The summed E-state index contributed by atoms with van der Waals surface area (Å²) in [6, 6.07) is 8.65. The number of aromatic nitrogens is 2. The predicted molar refractivity (Wildman–Crippen MR) is 130 cm³/mol. The summed E-state index contributed by atoms with van der Waals surface area (Å²) in [4.78, 5) is 55.5. The molecule has 10 nitrogen and oxygen atoms in total. The molecule has 1 aromatic carbocycles. The Morgan fingerprint density at radius 2 is 1.71 bits per heavy atom. The zero-order chi connectivity index (χ0) is 24.6. The zero-order valence-corrected chi connectivity index (χ0v) is 20.0. The molecule has 3 fully saturated rings. The first-order chi connectivity index (χ1) is 16.9. The van der Waals surface area contributed by atoms with Crippen molar-refractivity contribution in [3.8, 4) is 5.69 Å². The number of para-hydroxylation sites is 1. The molecule has 184 valence electrons. The Kier molecular flexibility index (Phi) is 6.22. The van der Waals surface area contributed by atoms with Gasteiger partial charge in [-0.25, -0.2) is 4.79 Å². The van der Waals surface area contributed by atoms with Gasteiger partial charge in [-0.3, -0.25) is 19.3 Å². The number of nitrogens with zero attached hydrogens (tertiary/aromatic N) is 5. The molecule has 35 heavy (non-hydrogen) atoms. The predicted octanol–water partition coefficient (Wildman–Crippen LogP) is 1.79. The van der Waals surface area contributed by atoms with E-state index < -0.39 is 17.1 Å². The average molecular weight is 499 g/mol. The van der Waals surface area contributed by atoms with Gasteiger partial charge in [-0.15, -0.1) is 0 Å². The van der Waals surface area contributed by atoms with Crippen molar-refractivity contribution in [2.24, 2.45) is 0 Å². The fraction of sp³-hybridized carbons (Fsp3) is 0.458. The topological polar surface area (TPSA) is 108 Å². The van der Waals surface area contributed by atoms with Crippen LogP contribution < -0.4 is 15.8 Å². The molecule has 2 aliphatic heterocycles. The van der Waals surface area contributed by atoms with Crippen LogP contribution in [-0.4, -0.2) is 75.7 Å². The normalized spacial score (nSPS) is 19.5. The summed E-state index contributed by atoms with van der Waals surface area (Å²) in [5.41, 5.74) is 0.0124. The van der Waals surface area contributed by atoms with E-state index in [1.807, 2.05) is 23.1 Å². The van der Waals surface area contributed by atoms with Gasteiger partial charge in [0.2, 0.25) is 5.91 Å². The van der Waals surface area contributed by atoms with Crippen molar-refractivity contribution in [3.05, 3.63) is 51.9 Å².